The number of fused-ring (bicyclic) bond motifs is 1. The van der Waals surface area contributed by atoms with Crippen molar-refractivity contribution in [2.45, 2.75) is 64.2 Å². The highest BCUT2D eigenvalue weighted by molar-refractivity contribution is 7.16. The number of thiophene rings is 1. The van der Waals surface area contributed by atoms with Gasteiger partial charge in [0, 0.05) is 34.9 Å². The minimum absolute atomic E-state index is 0.0742. The number of halogens is 2. The summed E-state index contributed by atoms with van der Waals surface area (Å²) in [6.45, 7) is 10.5. The van der Waals surface area contributed by atoms with Crippen molar-refractivity contribution in [3.8, 4) is 0 Å². The molecule has 1 N–H and O–H groups in total. The zero-order valence-corrected chi connectivity index (χ0v) is 14.6. The van der Waals surface area contributed by atoms with Crippen LogP contribution in [0.15, 0.2) is 18.9 Å². The summed E-state index contributed by atoms with van der Waals surface area (Å²) >= 11 is 1.78. The lowest BCUT2D eigenvalue weighted by Crippen LogP contribution is -2.37. The monoisotopic (exact) mass is 337 g/mol. The largest absolute Gasteiger partial charge is 0.350 e. The standard InChI is InChI=1S/C19H25F2NS/c1-4-7-12(2)17-15-8-5-6-9-16(15)23-18(17)22-13(3)14-10-19(20,21)11-14/h14,22H,2-11H2,1H3. The summed E-state index contributed by atoms with van der Waals surface area (Å²) < 4.78 is 26.2. The van der Waals surface area contributed by atoms with Crippen LogP contribution in [0.1, 0.15) is 61.5 Å². The van der Waals surface area contributed by atoms with Crippen molar-refractivity contribution in [3.63, 3.8) is 0 Å². The third kappa shape index (κ3) is 3.37. The Morgan fingerprint density at radius 1 is 1.26 bits per heavy atom. The number of aryl methyl sites for hydroxylation is 1. The highest BCUT2D eigenvalue weighted by Gasteiger charge is 2.46. The number of hydrogen-bond acceptors (Lipinski definition) is 2. The summed E-state index contributed by atoms with van der Waals surface area (Å²) in [5.41, 5.74) is 4.59. The molecule has 23 heavy (non-hydrogen) atoms. The van der Waals surface area contributed by atoms with Crippen molar-refractivity contribution in [1.82, 2.24) is 0 Å². The molecule has 2 aliphatic rings. The molecule has 1 saturated carbocycles. The third-order valence-electron chi connectivity index (χ3n) is 4.93. The van der Waals surface area contributed by atoms with Gasteiger partial charge in [-0.05, 0) is 43.2 Å². The van der Waals surface area contributed by atoms with Crippen LogP contribution in [0.5, 0.6) is 0 Å². The minimum atomic E-state index is -2.50. The normalized spacial score (nSPS) is 19.8. The molecular weight excluding hydrogens is 312 g/mol. The molecule has 4 heteroatoms. The average molecular weight is 337 g/mol. The van der Waals surface area contributed by atoms with Gasteiger partial charge in [-0.1, -0.05) is 26.5 Å². The topological polar surface area (TPSA) is 12.0 Å². The molecule has 1 aromatic heterocycles. The van der Waals surface area contributed by atoms with Gasteiger partial charge in [0.05, 0.1) is 0 Å². The first kappa shape index (κ1) is 16.7. The Hall–Kier alpha value is -1.16. The van der Waals surface area contributed by atoms with E-state index in [0.29, 0.717) is 0 Å². The lowest BCUT2D eigenvalue weighted by atomic mass is 9.79. The van der Waals surface area contributed by atoms with Gasteiger partial charge in [-0.2, -0.15) is 0 Å². The number of allylic oxidation sites excluding steroid dienone is 2. The first-order valence-corrected chi connectivity index (χ1v) is 9.39. The van der Waals surface area contributed by atoms with Crippen molar-refractivity contribution >= 4 is 21.9 Å². The Labute approximate surface area is 141 Å². The highest BCUT2D eigenvalue weighted by atomic mass is 32.1. The molecule has 0 unspecified atom stereocenters. The summed E-state index contributed by atoms with van der Waals surface area (Å²) in [5, 5.41) is 4.46. The molecule has 0 spiro atoms. The molecule has 0 aromatic carbocycles. The first-order chi connectivity index (χ1) is 10.9. The van der Waals surface area contributed by atoms with Gasteiger partial charge < -0.3 is 5.32 Å². The van der Waals surface area contributed by atoms with Gasteiger partial charge in [0.25, 0.3) is 0 Å². The predicted octanol–water partition coefficient (Wildman–Crippen LogP) is 6.41. The Morgan fingerprint density at radius 3 is 2.61 bits per heavy atom. The molecule has 1 heterocycles. The quantitative estimate of drug-likeness (QED) is 0.632. The van der Waals surface area contributed by atoms with Crippen LogP contribution >= 0.6 is 11.3 Å². The van der Waals surface area contributed by atoms with Crippen molar-refractivity contribution < 1.29 is 8.78 Å². The van der Waals surface area contributed by atoms with Gasteiger partial charge in [0.1, 0.15) is 5.00 Å². The van der Waals surface area contributed by atoms with Crippen molar-refractivity contribution in [3.05, 3.63) is 34.9 Å². The maximum atomic E-state index is 13.1. The van der Waals surface area contributed by atoms with Crippen LogP contribution in [0.3, 0.4) is 0 Å². The maximum Gasteiger partial charge on any atom is 0.249 e. The molecule has 1 fully saturated rings. The van der Waals surface area contributed by atoms with Crippen LogP contribution in [-0.2, 0) is 12.8 Å². The Morgan fingerprint density at radius 2 is 1.96 bits per heavy atom. The second kappa shape index (κ2) is 6.39. The van der Waals surface area contributed by atoms with Crippen LogP contribution in [0.2, 0.25) is 0 Å². The fourth-order valence-electron chi connectivity index (χ4n) is 3.61. The highest BCUT2D eigenvalue weighted by Crippen LogP contribution is 2.48. The van der Waals surface area contributed by atoms with E-state index in [1.807, 2.05) is 0 Å². The zero-order valence-electron chi connectivity index (χ0n) is 13.8. The van der Waals surface area contributed by atoms with Gasteiger partial charge >= 0.3 is 0 Å². The zero-order chi connectivity index (χ0) is 16.6. The van der Waals surface area contributed by atoms with Crippen LogP contribution in [-0.4, -0.2) is 5.92 Å². The number of rotatable bonds is 6. The van der Waals surface area contributed by atoms with Gasteiger partial charge in [0.2, 0.25) is 5.92 Å². The van der Waals surface area contributed by atoms with Crippen LogP contribution in [0.4, 0.5) is 13.8 Å². The number of alkyl halides is 2. The Kier molecular flexibility index (Phi) is 4.63. The minimum Gasteiger partial charge on any atom is -0.350 e. The molecule has 3 rings (SSSR count). The summed E-state index contributed by atoms with van der Waals surface area (Å²) in [6.07, 6.45) is 6.60. The molecule has 0 amide bonds. The van der Waals surface area contributed by atoms with Gasteiger partial charge in [-0.3, -0.25) is 0 Å². The number of nitrogens with one attached hydrogen (secondary N) is 1. The van der Waals surface area contributed by atoms with E-state index < -0.39 is 5.92 Å². The molecule has 0 bridgehead atoms. The molecule has 126 valence electrons. The van der Waals surface area contributed by atoms with E-state index in [1.165, 1.54) is 34.4 Å². The smallest absolute Gasteiger partial charge is 0.249 e. The summed E-state index contributed by atoms with van der Waals surface area (Å²) in [6, 6.07) is 0. The molecule has 1 nitrogen and oxygen atoms in total. The van der Waals surface area contributed by atoms with Gasteiger partial charge in [0.15, 0.2) is 0 Å². The number of anilines is 1. The average Bonchev–Trinajstić information content (AvgIpc) is 2.82. The van der Waals surface area contributed by atoms with Gasteiger partial charge in [-0.25, -0.2) is 8.78 Å². The van der Waals surface area contributed by atoms with Crippen LogP contribution in [0, 0.1) is 5.92 Å². The van der Waals surface area contributed by atoms with E-state index in [0.717, 1.165) is 36.4 Å². The molecular formula is C19H25F2NS. The lowest BCUT2D eigenvalue weighted by Gasteiger charge is -2.36. The van der Waals surface area contributed by atoms with Crippen molar-refractivity contribution in [2.24, 2.45) is 5.92 Å². The summed E-state index contributed by atoms with van der Waals surface area (Å²) in [5.74, 6) is -2.62. The molecule has 0 aliphatic heterocycles. The lowest BCUT2D eigenvalue weighted by molar-refractivity contribution is -0.0988. The van der Waals surface area contributed by atoms with Crippen molar-refractivity contribution in [2.75, 3.05) is 5.32 Å². The van der Waals surface area contributed by atoms with E-state index >= 15 is 0 Å². The van der Waals surface area contributed by atoms with Crippen molar-refractivity contribution in [1.29, 1.82) is 0 Å². The maximum absolute atomic E-state index is 13.1. The third-order valence-corrected chi connectivity index (χ3v) is 6.14. The van der Waals surface area contributed by atoms with Crippen LogP contribution < -0.4 is 5.32 Å². The number of hydrogen-bond donors (Lipinski definition) is 1. The second-order valence-electron chi connectivity index (χ2n) is 6.88. The van der Waals surface area contributed by atoms with E-state index in [4.69, 9.17) is 0 Å². The Bertz CT molecular complexity index is 622. The molecule has 0 saturated heterocycles. The second-order valence-corrected chi connectivity index (χ2v) is 7.99. The predicted molar refractivity (Wildman–Crippen MR) is 95.3 cm³/mol. The van der Waals surface area contributed by atoms with E-state index in [-0.39, 0.29) is 18.8 Å². The summed E-state index contributed by atoms with van der Waals surface area (Å²) in [7, 11) is 0. The summed E-state index contributed by atoms with van der Waals surface area (Å²) in [4.78, 5) is 1.44. The molecule has 2 aliphatic carbocycles. The van der Waals surface area contributed by atoms with Crippen LogP contribution in [0.25, 0.3) is 5.57 Å². The van der Waals surface area contributed by atoms with E-state index in [9.17, 15) is 8.78 Å². The van der Waals surface area contributed by atoms with Gasteiger partial charge in [-0.15, -0.1) is 11.3 Å². The van der Waals surface area contributed by atoms with E-state index in [2.05, 4.69) is 25.4 Å². The Balaban J connectivity index is 1.82. The molecule has 0 atom stereocenters. The SMILES string of the molecule is C=C(CCC)c1c(NC(=C)C2CC(F)(F)C2)sc2c1CCCC2. The molecule has 1 aromatic rings. The first-order valence-electron chi connectivity index (χ1n) is 8.57. The fourth-order valence-corrected chi connectivity index (χ4v) is 4.98. The van der Waals surface area contributed by atoms with E-state index in [1.54, 1.807) is 11.3 Å². The molecule has 0 radical (unpaired) electrons. The fraction of sp³-hybridized carbons (Fsp3) is 0.579.